The van der Waals surface area contributed by atoms with Crippen molar-refractivity contribution in [1.29, 1.82) is 0 Å². The van der Waals surface area contributed by atoms with Crippen molar-refractivity contribution >= 4 is 23.2 Å². The summed E-state index contributed by atoms with van der Waals surface area (Å²) in [5.41, 5.74) is 11.8. The molecule has 2 aromatic rings. The number of rotatable bonds is 4. The molecule has 0 aliphatic rings. The quantitative estimate of drug-likeness (QED) is 0.514. The first-order chi connectivity index (χ1) is 9.88. The molecular weight excluding hydrogens is 278 g/mol. The van der Waals surface area contributed by atoms with E-state index < -0.39 is 0 Å². The number of aryl methyl sites for hydroxylation is 4. The van der Waals surface area contributed by atoms with Crippen LogP contribution >= 0.6 is 11.8 Å². The zero-order chi connectivity index (χ0) is 15.6. The summed E-state index contributed by atoms with van der Waals surface area (Å²) >= 11 is 1.58. The predicted octanol–water partition coefficient (Wildman–Crippen LogP) is 4.48. The molecule has 110 valence electrons. The van der Waals surface area contributed by atoms with Crippen LogP contribution in [0.2, 0.25) is 0 Å². The Bertz CT molecular complexity index is 692. The fraction of sp³-hybridized carbons (Fsp3) is 0.278. The number of benzene rings is 2. The van der Waals surface area contributed by atoms with E-state index in [4.69, 9.17) is 5.73 Å². The lowest BCUT2D eigenvalue weighted by Gasteiger charge is -2.09. The number of carbonyl (C=O) groups is 1. The van der Waals surface area contributed by atoms with Gasteiger partial charge in [0.05, 0.1) is 5.75 Å². The van der Waals surface area contributed by atoms with Crippen LogP contribution < -0.4 is 5.73 Å². The Balaban J connectivity index is 2.11. The predicted molar refractivity (Wildman–Crippen MR) is 91.3 cm³/mol. The van der Waals surface area contributed by atoms with E-state index in [1.807, 2.05) is 26.0 Å². The molecule has 0 unspecified atom stereocenters. The fourth-order valence-electron chi connectivity index (χ4n) is 2.17. The monoisotopic (exact) mass is 299 g/mol. The van der Waals surface area contributed by atoms with Crippen molar-refractivity contribution in [2.24, 2.45) is 0 Å². The van der Waals surface area contributed by atoms with Crippen LogP contribution in [0.1, 0.15) is 32.6 Å². The van der Waals surface area contributed by atoms with Crippen LogP contribution in [-0.4, -0.2) is 11.5 Å². The van der Waals surface area contributed by atoms with Gasteiger partial charge in [-0.15, -0.1) is 11.8 Å². The summed E-state index contributed by atoms with van der Waals surface area (Å²) in [7, 11) is 0. The average molecular weight is 299 g/mol. The molecule has 0 bridgehead atoms. The number of hydrogen-bond donors (Lipinski definition) is 1. The summed E-state index contributed by atoms with van der Waals surface area (Å²) in [5.74, 6) is 0.603. The summed E-state index contributed by atoms with van der Waals surface area (Å²) in [4.78, 5) is 13.5. The summed E-state index contributed by atoms with van der Waals surface area (Å²) in [6, 6.07) is 10.1. The van der Waals surface area contributed by atoms with Gasteiger partial charge in [0, 0.05) is 16.1 Å². The summed E-state index contributed by atoms with van der Waals surface area (Å²) < 4.78 is 0. The molecule has 2 rings (SSSR count). The summed E-state index contributed by atoms with van der Waals surface area (Å²) in [6.45, 7) is 8.05. The first-order valence-corrected chi connectivity index (χ1v) is 7.97. The summed E-state index contributed by atoms with van der Waals surface area (Å²) in [5, 5.41) is 0. The van der Waals surface area contributed by atoms with E-state index in [-0.39, 0.29) is 5.78 Å². The van der Waals surface area contributed by atoms with Crippen LogP contribution in [0, 0.1) is 27.7 Å². The van der Waals surface area contributed by atoms with E-state index in [1.54, 1.807) is 11.8 Å². The average Bonchev–Trinajstić information content (AvgIpc) is 2.44. The van der Waals surface area contributed by atoms with Crippen LogP contribution in [0.25, 0.3) is 0 Å². The number of nitrogen functional groups attached to an aromatic ring is 1. The Hall–Kier alpha value is -1.74. The third-order valence-electron chi connectivity index (χ3n) is 3.76. The van der Waals surface area contributed by atoms with Gasteiger partial charge in [-0.2, -0.15) is 0 Å². The number of Topliss-reactive ketones (excluding diaryl/α,β-unsaturated/α-hetero) is 1. The van der Waals surface area contributed by atoms with E-state index in [0.29, 0.717) is 5.75 Å². The van der Waals surface area contributed by atoms with Gasteiger partial charge < -0.3 is 5.73 Å². The highest BCUT2D eigenvalue weighted by molar-refractivity contribution is 8.00. The van der Waals surface area contributed by atoms with Gasteiger partial charge in [-0.1, -0.05) is 6.07 Å². The first kappa shape index (κ1) is 15.6. The number of nitrogens with two attached hydrogens (primary N) is 1. The lowest BCUT2D eigenvalue weighted by Crippen LogP contribution is -2.06. The second kappa shape index (κ2) is 6.35. The van der Waals surface area contributed by atoms with Crippen molar-refractivity contribution in [2.45, 2.75) is 32.6 Å². The molecule has 0 atom stereocenters. The molecule has 2 nitrogen and oxygen atoms in total. The second-order valence-electron chi connectivity index (χ2n) is 5.48. The number of thioether (sulfide) groups is 1. The number of hydrogen-bond acceptors (Lipinski definition) is 3. The van der Waals surface area contributed by atoms with Gasteiger partial charge in [0.25, 0.3) is 0 Å². The number of ketones is 1. The zero-order valence-electron chi connectivity index (χ0n) is 13.0. The molecule has 0 radical (unpaired) electrons. The molecule has 0 saturated heterocycles. The first-order valence-electron chi connectivity index (χ1n) is 6.98. The van der Waals surface area contributed by atoms with Crippen molar-refractivity contribution in [1.82, 2.24) is 0 Å². The van der Waals surface area contributed by atoms with Gasteiger partial charge in [-0.3, -0.25) is 4.79 Å². The third-order valence-corrected chi connectivity index (χ3v) is 4.76. The molecule has 0 heterocycles. The SMILES string of the molecule is Cc1ccc(SCC(=O)c2cc(C)c(N)cc2C)cc1C. The number of carbonyl (C=O) groups excluding carboxylic acids is 1. The van der Waals surface area contributed by atoms with Crippen molar-refractivity contribution < 1.29 is 4.79 Å². The molecule has 2 aromatic carbocycles. The molecule has 3 heteroatoms. The van der Waals surface area contributed by atoms with Gasteiger partial charge in [0.2, 0.25) is 0 Å². The van der Waals surface area contributed by atoms with Crippen molar-refractivity contribution in [3.63, 3.8) is 0 Å². The Morgan fingerprint density at radius 1 is 0.952 bits per heavy atom. The Kier molecular flexibility index (Phi) is 4.73. The largest absolute Gasteiger partial charge is 0.399 e. The van der Waals surface area contributed by atoms with Crippen molar-refractivity contribution in [3.8, 4) is 0 Å². The Labute approximate surface area is 130 Å². The fourth-order valence-corrected chi connectivity index (χ4v) is 3.05. The van der Waals surface area contributed by atoms with Crippen LogP contribution in [0.5, 0.6) is 0 Å². The third kappa shape index (κ3) is 3.67. The topological polar surface area (TPSA) is 43.1 Å². The highest BCUT2D eigenvalue weighted by Gasteiger charge is 2.11. The molecule has 21 heavy (non-hydrogen) atoms. The molecule has 0 fully saturated rings. The van der Waals surface area contributed by atoms with Gasteiger partial charge in [-0.05, 0) is 74.2 Å². The maximum Gasteiger partial charge on any atom is 0.173 e. The highest BCUT2D eigenvalue weighted by atomic mass is 32.2. The van der Waals surface area contributed by atoms with Crippen molar-refractivity contribution in [3.05, 3.63) is 58.1 Å². The van der Waals surface area contributed by atoms with Gasteiger partial charge >= 0.3 is 0 Å². The van der Waals surface area contributed by atoms with Crippen LogP contribution in [-0.2, 0) is 0 Å². The zero-order valence-corrected chi connectivity index (χ0v) is 13.8. The molecule has 0 amide bonds. The highest BCUT2D eigenvalue weighted by Crippen LogP contribution is 2.24. The van der Waals surface area contributed by atoms with E-state index >= 15 is 0 Å². The van der Waals surface area contributed by atoms with Gasteiger partial charge in [0.15, 0.2) is 5.78 Å². The van der Waals surface area contributed by atoms with Crippen LogP contribution in [0.4, 0.5) is 5.69 Å². The lowest BCUT2D eigenvalue weighted by molar-refractivity contribution is 0.102. The normalized spacial score (nSPS) is 10.7. The van der Waals surface area contributed by atoms with Crippen LogP contribution in [0.15, 0.2) is 35.2 Å². The maximum atomic E-state index is 12.4. The van der Waals surface area contributed by atoms with Gasteiger partial charge in [0.1, 0.15) is 0 Å². The smallest absolute Gasteiger partial charge is 0.173 e. The van der Waals surface area contributed by atoms with E-state index in [2.05, 4.69) is 32.0 Å². The van der Waals surface area contributed by atoms with E-state index in [1.165, 1.54) is 11.1 Å². The molecule has 0 spiro atoms. The minimum absolute atomic E-state index is 0.152. The molecule has 0 aliphatic carbocycles. The maximum absolute atomic E-state index is 12.4. The van der Waals surface area contributed by atoms with E-state index in [9.17, 15) is 4.79 Å². The Morgan fingerprint density at radius 3 is 2.33 bits per heavy atom. The van der Waals surface area contributed by atoms with E-state index in [0.717, 1.165) is 27.3 Å². The molecule has 2 N–H and O–H groups in total. The second-order valence-corrected chi connectivity index (χ2v) is 6.53. The Morgan fingerprint density at radius 2 is 1.67 bits per heavy atom. The van der Waals surface area contributed by atoms with Gasteiger partial charge in [-0.25, -0.2) is 0 Å². The van der Waals surface area contributed by atoms with Crippen molar-refractivity contribution in [2.75, 3.05) is 11.5 Å². The number of anilines is 1. The lowest BCUT2D eigenvalue weighted by atomic mass is 10.0. The summed E-state index contributed by atoms with van der Waals surface area (Å²) in [6.07, 6.45) is 0. The minimum Gasteiger partial charge on any atom is -0.399 e. The molecule has 0 aromatic heterocycles. The minimum atomic E-state index is 0.152. The standard InChI is InChI=1S/C18H21NOS/c1-11-5-6-15(7-12(11)2)21-10-18(20)16-8-14(4)17(19)9-13(16)3/h5-9H,10,19H2,1-4H3. The van der Waals surface area contributed by atoms with Crippen LogP contribution in [0.3, 0.4) is 0 Å². The molecular formula is C18H21NOS. The molecule has 0 saturated carbocycles. The molecule has 0 aliphatic heterocycles.